The summed E-state index contributed by atoms with van der Waals surface area (Å²) in [5.41, 5.74) is 0. The van der Waals surface area contributed by atoms with E-state index in [4.69, 9.17) is 0 Å². The highest BCUT2D eigenvalue weighted by molar-refractivity contribution is 14.0. The van der Waals surface area contributed by atoms with Gasteiger partial charge in [-0.1, -0.05) is 6.42 Å². The molecule has 29 heavy (non-hydrogen) atoms. The minimum Gasteiger partial charge on any atom is -0.356 e. The molecule has 0 bridgehead atoms. The molecule has 2 fully saturated rings. The van der Waals surface area contributed by atoms with Gasteiger partial charge in [-0.15, -0.1) is 24.0 Å². The van der Waals surface area contributed by atoms with Crippen LogP contribution in [0.2, 0.25) is 0 Å². The molecule has 2 rings (SSSR count). The summed E-state index contributed by atoms with van der Waals surface area (Å²) < 4.78 is 37.3. The minimum absolute atomic E-state index is 0. The van der Waals surface area contributed by atoms with Crippen LogP contribution in [-0.4, -0.2) is 80.8 Å². The zero-order chi connectivity index (χ0) is 20.4. The lowest BCUT2D eigenvalue weighted by Gasteiger charge is -2.33. The maximum atomic E-state index is 12.4. The van der Waals surface area contributed by atoms with Gasteiger partial charge in [-0.25, -0.2) is 0 Å². The monoisotopic (exact) mass is 533 g/mol. The van der Waals surface area contributed by atoms with Crippen LogP contribution >= 0.6 is 24.0 Å². The second-order valence-corrected chi connectivity index (χ2v) is 8.28. The largest absolute Gasteiger partial charge is 0.401 e. The van der Waals surface area contributed by atoms with Crippen molar-refractivity contribution in [2.45, 2.75) is 64.1 Å². The third kappa shape index (κ3) is 11.1. The number of likely N-dealkylation sites (tertiary alicyclic amines) is 2. The van der Waals surface area contributed by atoms with Crippen molar-refractivity contribution in [3.05, 3.63) is 0 Å². The third-order valence-electron chi connectivity index (χ3n) is 6.03. The summed E-state index contributed by atoms with van der Waals surface area (Å²) in [6, 6.07) is 0.703. The van der Waals surface area contributed by atoms with Gasteiger partial charge in [0.05, 0.1) is 6.54 Å². The number of aliphatic imine (C=N–C) groups is 1. The fourth-order valence-corrected chi connectivity index (χ4v) is 4.28. The molecule has 0 aromatic carbocycles. The Morgan fingerprint density at radius 1 is 1.03 bits per heavy atom. The molecule has 0 saturated carbocycles. The van der Waals surface area contributed by atoms with Crippen LogP contribution in [-0.2, 0) is 0 Å². The molecule has 0 aromatic rings. The van der Waals surface area contributed by atoms with E-state index in [1.165, 1.54) is 30.7 Å². The molecule has 0 spiro atoms. The predicted molar refractivity (Wildman–Crippen MR) is 124 cm³/mol. The molecule has 2 aliphatic rings. The number of rotatable bonds is 8. The van der Waals surface area contributed by atoms with Crippen LogP contribution < -0.4 is 10.6 Å². The first-order chi connectivity index (χ1) is 13.4. The van der Waals surface area contributed by atoms with Gasteiger partial charge in [0.1, 0.15) is 0 Å². The fraction of sp³-hybridized carbons (Fsp3) is 0.950. The molecule has 0 radical (unpaired) electrons. The van der Waals surface area contributed by atoms with Gasteiger partial charge in [0.15, 0.2) is 5.96 Å². The van der Waals surface area contributed by atoms with Crippen molar-refractivity contribution in [1.29, 1.82) is 0 Å². The number of nitrogens with one attached hydrogen (secondary N) is 2. The normalized spacial score (nSPS) is 22.9. The molecular formula is C20H39F3IN5. The molecule has 0 amide bonds. The van der Waals surface area contributed by atoms with Crippen LogP contribution in [0.3, 0.4) is 0 Å². The van der Waals surface area contributed by atoms with E-state index in [1.807, 2.05) is 0 Å². The molecule has 2 N–H and O–H groups in total. The number of hydrogen-bond donors (Lipinski definition) is 2. The van der Waals surface area contributed by atoms with Crippen molar-refractivity contribution in [3.8, 4) is 0 Å². The van der Waals surface area contributed by atoms with Crippen LogP contribution in [0.4, 0.5) is 13.2 Å². The Hall–Kier alpha value is -0.290. The Kier molecular flexibility index (Phi) is 12.8. The number of nitrogens with zero attached hydrogens (tertiary/aromatic N) is 3. The van der Waals surface area contributed by atoms with Gasteiger partial charge in [-0.05, 0) is 71.0 Å². The van der Waals surface area contributed by atoms with Crippen molar-refractivity contribution < 1.29 is 13.2 Å². The van der Waals surface area contributed by atoms with E-state index in [1.54, 1.807) is 7.05 Å². The Balaban J connectivity index is 0.00000420. The number of guanidine groups is 1. The fourth-order valence-electron chi connectivity index (χ4n) is 4.28. The van der Waals surface area contributed by atoms with Crippen LogP contribution in [0.5, 0.6) is 0 Å². The summed E-state index contributed by atoms with van der Waals surface area (Å²) in [6.07, 6.45) is 3.67. The summed E-state index contributed by atoms with van der Waals surface area (Å²) in [6.45, 7) is 6.70. The highest BCUT2D eigenvalue weighted by Gasteiger charge is 2.32. The van der Waals surface area contributed by atoms with E-state index >= 15 is 0 Å². The summed E-state index contributed by atoms with van der Waals surface area (Å²) >= 11 is 0. The van der Waals surface area contributed by atoms with Gasteiger partial charge in [0, 0.05) is 32.7 Å². The molecule has 172 valence electrons. The SMILES string of the molecule is CN=C(NCCCN1CCCCC1C)NCCC1CCN(CC(F)(F)F)CC1.I. The van der Waals surface area contributed by atoms with Gasteiger partial charge in [0.2, 0.25) is 0 Å². The highest BCUT2D eigenvalue weighted by atomic mass is 127. The number of piperidine rings is 2. The van der Waals surface area contributed by atoms with E-state index in [-0.39, 0.29) is 24.0 Å². The average molecular weight is 533 g/mol. The Morgan fingerprint density at radius 2 is 1.72 bits per heavy atom. The van der Waals surface area contributed by atoms with Crippen LogP contribution in [0.25, 0.3) is 0 Å². The maximum Gasteiger partial charge on any atom is 0.401 e. The summed E-state index contributed by atoms with van der Waals surface area (Å²) in [4.78, 5) is 8.37. The van der Waals surface area contributed by atoms with Gasteiger partial charge in [-0.2, -0.15) is 13.2 Å². The first-order valence-electron chi connectivity index (χ1n) is 10.8. The summed E-state index contributed by atoms with van der Waals surface area (Å²) in [5.74, 6) is 1.32. The Morgan fingerprint density at radius 3 is 2.34 bits per heavy atom. The lowest BCUT2D eigenvalue weighted by atomic mass is 9.93. The topological polar surface area (TPSA) is 42.9 Å². The van der Waals surface area contributed by atoms with Crippen molar-refractivity contribution in [3.63, 3.8) is 0 Å². The molecule has 0 aromatic heterocycles. The van der Waals surface area contributed by atoms with Gasteiger partial charge in [-0.3, -0.25) is 9.89 Å². The van der Waals surface area contributed by atoms with Crippen molar-refractivity contribution in [2.75, 3.05) is 52.9 Å². The van der Waals surface area contributed by atoms with E-state index in [2.05, 4.69) is 27.4 Å². The van der Waals surface area contributed by atoms with Crippen molar-refractivity contribution in [1.82, 2.24) is 20.4 Å². The Labute approximate surface area is 191 Å². The number of alkyl halides is 3. The molecule has 5 nitrogen and oxygen atoms in total. The molecule has 1 unspecified atom stereocenters. The molecular weight excluding hydrogens is 494 g/mol. The average Bonchev–Trinajstić information content (AvgIpc) is 2.65. The number of hydrogen-bond acceptors (Lipinski definition) is 3. The van der Waals surface area contributed by atoms with E-state index in [0.717, 1.165) is 51.3 Å². The van der Waals surface area contributed by atoms with E-state index < -0.39 is 12.7 Å². The highest BCUT2D eigenvalue weighted by Crippen LogP contribution is 2.24. The zero-order valence-electron chi connectivity index (χ0n) is 17.9. The van der Waals surface area contributed by atoms with E-state index in [0.29, 0.717) is 25.0 Å². The molecule has 0 aliphatic carbocycles. The first-order valence-corrected chi connectivity index (χ1v) is 10.8. The van der Waals surface area contributed by atoms with Crippen molar-refractivity contribution in [2.24, 2.45) is 10.9 Å². The van der Waals surface area contributed by atoms with Gasteiger partial charge >= 0.3 is 6.18 Å². The lowest BCUT2D eigenvalue weighted by molar-refractivity contribution is -0.148. The summed E-state index contributed by atoms with van der Waals surface area (Å²) in [7, 11) is 1.78. The van der Waals surface area contributed by atoms with E-state index in [9.17, 15) is 13.2 Å². The predicted octanol–water partition coefficient (Wildman–Crippen LogP) is 3.70. The molecule has 9 heteroatoms. The molecule has 1 atom stereocenters. The van der Waals surface area contributed by atoms with Gasteiger partial charge < -0.3 is 15.5 Å². The quantitative estimate of drug-likeness (QED) is 0.216. The molecule has 2 saturated heterocycles. The zero-order valence-corrected chi connectivity index (χ0v) is 20.3. The minimum atomic E-state index is -4.08. The van der Waals surface area contributed by atoms with Crippen LogP contribution in [0, 0.1) is 5.92 Å². The lowest BCUT2D eigenvalue weighted by Crippen LogP contribution is -2.42. The van der Waals surface area contributed by atoms with Crippen LogP contribution in [0.1, 0.15) is 51.9 Å². The second-order valence-electron chi connectivity index (χ2n) is 8.28. The van der Waals surface area contributed by atoms with Crippen molar-refractivity contribution >= 4 is 29.9 Å². The Bertz CT molecular complexity index is 468. The van der Waals surface area contributed by atoms with Crippen LogP contribution in [0.15, 0.2) is 4.99 Å². The maximum absolute atomic E-state index is 12.4. The second kappa shape index (κ2) is 13.9. The first kappa shape index (κ1) is 26.7. The third-order valence-corrected chi connectivity index (χ3v) is 6.03. The summed E-state index contributed by atoms with van der Waals surface area (Å²) in [5, 5.41) is 6.72. The smallest absolute Gasteiger partial charge is 0.356 e. The standard InChI is InChI=1S/C20H38F3N5.HI/c1-17-6-3-4-12-28(17)13-5-10-25-19(24-2)26-11-7-18-8-14-27(15-9-18)16-20(21,22)23;/h17-18H,3-16H2,1-2H3,(H2,24,25,26);1H. The van der Waals surface area contributed by atoms with Gasteiger partial charge in [0.25, 0.3) is 0 Å². The molecule has 2 aliphatic heterocycles. The molecule has 2 heterocycles. The number of halogens is 4.